The van der Waals surface area contributed by atoms with Crippen molar-refractivity contribution < 1.29 is 0 Å². The molecule has 0 aromatic carbocycles. The Morgan fingerprint density at radius 1 is 1.75 bits per heavy atom. The second kappa shape index (κ2) is 4.28. The Morgan fingerprint density at radius 2 is 2.25 bits per heavy atom. The van der Waals surface area contributed by atoms with Gasteiger partial charge in [0.05, 0.1) is 4.32 Å². The zero-order valence-electron chi connectivity index (χ0n) is 5.28. The molecule has 0 bridgehead atoms. The van der Waals surface area contributed by atoms with E-state index in [0.29, 0.717) is 10.2 Å². The molecular formula is C6H11ClS. The summed E-state index contributed by atoms with van der Waals surface area (Å²) >= 11 is 10.2. The first kappa shape index (κ1) is 8.38. The van der Waals surface area contributed by atoms with Crippen molar-refractivity contribution >= 4 is 28.1 Å². The molecule has 0 aliphatic rings. The number of hydrogen-bond donors (Lipinski definition) is 0. The predicted molar refractivity (Wildman–Crippen MR) is 42.5 cm³/mol. The Labute approximate surface area is 61.2 Å². The fourth-order valence-electron chi connectivity index (χ4n) is 0.418. The minimum Gasteiger partial charge on any atom is -0.0765 e. The van der Waals surface area contributed by atoms with Gasteiger partial charge in [-0.05, 0) is 12.3 Å². The van der Waals surface area contributed by atoms with Crippen molar-refractivity contribution in [1.82, 2.24) is 0 Å². The highest BCUT2D eigenvalue weighted by Gasteiger charge is 1.99. The van der Waals surface area contributed by atoms with Crippen molar-refractivity contribution in [2.24, 2.45) is 5.92 Å². The molecule has 0 aliphatic carbocycles. The first-order chi connectivity index (χ1) is 3.66. The van der Waals surface area contributed by atoms with Crippen LogP contribution in [0.1, 0.15) is 26.7 Å². The molecule has 1 atom stereocenters. The molecule has 0 spiro atoms. The van der Waals surface area contributed by atoms with Crippen molar-refractivity contribution in [3.8, 4) is 0 Å². The normalized spacial score (nSPS) is 13.4. The lowest BCUT2D eigenvalue weighted by molar-refractivity contribution is 0.592. The summed E-state index contributed by atoms with van der Waals surface area (Å²) in [5.41, 5.74) is 0. The highest BCUT2D eigenvalue weighted by molar-refractivity contribution is 7.83. The van der Waals surface area contributed by atoms with Gasteiger partial charge in [0, 0.05) is 0 Å². The molecule has 0 radical (unpaired) electrons. The second-order valence-corrected chi connectivity index (χ2v) is 3.25. The average molecular weight is 151 g/mol. The van der Waals surface area contributed by atoms with Crippen LogP contribution in [0.2, 0.25) is 0 Å². The number of thiocarbonyl (C=S) groups is 1. The van der Waals surface area contributed by atoms with Gasteiger partial charge in [-0.2, -0.15) is 0 Å². The molecule has 0 aromatic rings. The first-order valence-electron chi connectivity index (χ1n) is 2.85. The van der Waals surface area contributed by atoms with Gasteiger partial charge in [-0.15, -0.1) is 0 Å². The van der Waals surface area contributed by atoms with E-state index in [1.807, 2.05) is 0 Å². The minimum absolute atomic E-state index is 0.611. The summed E-state index contributed by atoms with van der Waals surface area (Å²) in [7, 11) is 0. The molecule has 0 aromatic heterocycles. The molecule has 0 saturated heterocycles. The molecule has 48 valence electrons. The maximum Gasteiger partial charge on any atom is 0.0811 e. The Morgan fingerprint density at radius 3 is 2.38 bits per heavy atom. The van der Waals surface area contributed by atoms with Gasteiger partial charge >= 0.3 is 0 Å². The fourth-order valence-corrected chi connectivity index (χ4v) is 0.966. The zero-order chi connectivity index (χ0) is 6.57. The van der Waals surface area contributed by atoms with E-state index in [2.05, 4.69) is 13.8 Å². The molecule has 8 heavy (non-hydrogen) atoms. The molecule has 0 rings (SSSR count). The van der Waals surface area contributed by atoms with Gasteiger partial charge in [-0.3, -0.25) is 0 Å². The van der Waals surface area contributed by atoms with Crippen molar-refractivity contribution in [3.63, 3.8) is 0 Å². The van der Waals surface area contributed by atoms with Crippen LogP contribution in [0.15, 0.2) is 0 Å². The van der Waals surface area contributed by atoms with Gasteiger partial charge in [-0.25, -0.2) is 0 Å². The Hall–Kier alpha value is 0.380. The van der Waals surface area contributed by atoms with Crippen LogP contribution < -0.4 is 0 Å². The van der Waals surface area contributed by atoms with E-state index in [-0.39, 0.29) is 0 Å². The summed E-state index contributed by atoms with van der Waals surface area (Å²) in [6.07, 6.45) is 2.04. The van der Waals surface area contributed by atoms with Crippen LogP contribution in [-0.2, 0) is 0 Å². The maximum atomic E-state index is 5.48. The van der Waals surface area contributed by atoms with Crippen LogP contribution in [0.4, 0.5) is 0 Å². The Balaban J connectivity index is 3.24. The molecule has 0 nitrogen and oxygen atoms in total. The average Bonchev–Trinajstić information content (AvgIpc) is 1.65. The van der Waals surface area contributed by atoms with E-state index in [0.717, 1.165) is 12.8 Å². The van der Waals surface area contributed by atoms with Crippen LogP contribution >= 0.6 is 23.8 Å². The Bertz CT molecular complexity index is 80.6. The van der Waals surface area contributed by atoms with E-state index < -0.39 is 0 Å². The van der Waals surface area contributed by atoms with E-state index in [4.69, 9.17) is 23.8 Å². The third-order valence-corrected chi connectivity index (χ3v) is 1.53. The third kappa shape index (κ3) is 4.54. The van der Waals surface area contributed by atoms with Crippen LogP contribution in [0.25, 0.3) is 0 Å². The number of hydrogen-bond acceptors (Lipinski definition) is 1. The smallest absolute Gasteiger partial charge is 0.0765 e. The zero-order valence-corrected chi connectivity index (χ0v) is 6.85. The summed E-state index contributed by atoms with van der Waals surface area (Å²) in [5, 5.41) is 0. The molecule has 0 aliphatic heterocycles. The van der Waals surface area contributed by atoms with Gasteiger partial charge < -0.3 is 0 Å². The summed E-state index contributed by atoms with van der Waals surface area (Å²) in [6, 6.07) is 0. The minimum atomic E-state index is 0.611. The van der Waals surface area contributed by atoms with Crippen molar-refractivity contribution in [1.29, 1.82) is 0 Å². The highest BCUT2D eigenvalue weighted by Crippen LogP contribution is 2.08. The largest absolute Gasteiger partial charge is 0.0811 e. The van der Waals surface area contributed by atoms with Gasteiger partial charge in [0.2, 0.25) is 0 Å². The lowest BCUT2D eigenvalue weighted by Crippen LogP contribution is -1.95. The molecule has 1 unspecified atom stereocenters. The molecule has 2 heteroatoms. The van der Waals surface area contributed by atoms with Gasteiger partial charge in [0.15, 0.2) is 0 Å². The quantitative estimate of drug-likeness (QED) is 0.440. The molecule has 0 N–H and O–H groups in total. The van der Waals surface area contributed by atoms with E-state index in [9.17, 15) is 0 Å². The summed E-state index contributed by atoms with van der Waals surface area (Å²) in [6.45, 7) is 4.29. The standard InChI is InChI=1S/C6H11ClS/c1-3-5(2)4-6(7)8/h5H,3-4H2,1-2H3. The van der Waals surface area contributed by atoms with Crippen molar-refractivity contribution in [2.75, 3.05) is 0 Å². The maximum absolute atomic E-state index is 5.48. The van der Waals surface area contributed by atoms with Crippen molar-refractivity contribution in [2.45, 2.75) is 26.7 Å². The second-order valence-electron chi connectivity index (χ2n) is 2.07. The SMILES string of the molecule is CCC(C)CC(=S)Cl. The van der Waals surface area contributed by atoms with Gasteiger partial charge in [0.1, 0.15) is 0 Å². The summed E-state index contributed by atoms with van der Waals surface area (Å²) in [5.74, 6) is 0.653. The van der Waals surface area contributed by atoms with Crippen molar-refractivity contribution in [3.05, 3.63) is 0 Å². The molecular weight excluding hydrogens is 140 g/mol. The van der Waals surface area contributed by atoms with E-state index in [1.54, 1.807) is 0 Å². The third-order valence-electron chi connectivity index (χ3n) is 1.21. The lowest BCUT2D eigenvalue weighted by Gasteiger charge is -2.02. The lowest BCUT2D eigenvalue weighted by atomic mass is 10.1. The number of rotatable bonds is 3. The monoisotopic (exact) mass is 150 g/mol. The molecule has 0 heterocycles. The molecule has 0 amide bonds. The topological polar surface area (TPSA) is 0 Å². The summed E-state index contributed by atoms with van der Waals surface area (Å²) < 4.78 is 0.611. The van der Waals surface area contributed by atoms with Crippen LogP contribution in [0.3, 0.4) is 0 Å². The highest BCUT2D eigenvalue weighted by atomic mass is 35.5. The molecule has 0 saturated carbocycles. The van der Waals surface area contributed by atoms with E-state index >= 15 is 0 Å². The Kier molecular flexibility index (Phi) is 4.48. The molecule has 0 fully saturated rings. The summed E-state index contributed by atoms with van der Waals surface area (Å²) in [4.78, 5) is 0. The van der Waals surface area contributed by atoms with Gasteiger partial charge in [0.25, 0.3) is 0 Å². The predicted octanol–water partition coefficient (Wildman–Crippen LogP) is 2.99. The van der Waals surface area contributed by atoms with Crippen LogP contribution in [0, 0.1) is 5.92 Å². The fraction of sp³-hybridized carbons (Fsp3) is 0.833. The first-order valence-corrected chi connectivity index (χ1v) is 3.63. The van der Waals surface area contributed by atoms with Crippen LogP contribution in [-0.4, -0.2) is 4.32 Å². The van der Waals surface area contributed by atoms with Gasteiger partial charge in [-0.1, -0.05) is 44.1 Å². The van der Waals surface area contributed by atoms with E-state index in [1.165, 1.54) is 0 Å². The number of halogens is 1. The van der Waals surface area contributed by atoms with Crippen LogP contribution in [0.5, 0.6) is 0 Å².